The summed E-state index contributed by atoms with van der Waals surface area (Å²) >= 11 is 0. The number of hydrogen-bond donors (Lipinski definition) is 0. The average molecular weight is 344 g/mol. The zero-order valence-electron chi connectivity index (χ0n) is 13.3. The molecule has 3 rings (SSSR count). The number of aromatic nitrogens is 4. The second-order valence-electron chi connectivity index (χ2n) is 5.54. The summed E-state index contributed by atoms with van der Waals surface area (Å²) in [7, 11) is -3.38. The van der Waals surface area contributed by atoms with E-state index >= 15 is 0 Å². The van der Waals surface area contributed by atoms with E-state index in [2.05, 4.69) is 26.2 Å². The van der Waals surface area contributed by atoms with E-state index in [4.69, 9.17) is 4.52 Å². The van der Waals surface area contributed by atoms with Gasteiger partial charge in [0.25, 0.3) is 0 Å². The topological polar surface area (TPSA) is 98.8 Å². The highest BCUT2D eigenvalue weighted by atomic mass is 32.2. The molecule has 0 aromatic carbocycles. The van der Waals surface area contributed by atoms with Crippen LogP contribution < -0.4 is 0 Å². The van der Waals surface area contributed by atoms with Crippen molar-refractivity contribution in [2.24, 2.45) is 0 Å². The molecule has 0 spiro atoms. The quantitative estimate of drug-likeness (QED) is 0.698. The minimum atomic E-state index is -3.38. The number of sulfone groups is 1. The summed E-state index contributed by atoms with van der Waals surface area (Å²) in [5.74, 6) is 0.837. The first-order valence-electron chi connectivity index (χ1n) is 7.31. The molecule has 0 amide bonds. The van der Waals surface area contributed by atoms with Gasteiger partial charge in [-0.3, -0.25) is 4.98 Å². The molecule has 0 aliphatic carbocycles. The van der Waals surface area contributed by atoms with Crippen LogP contribution in [0.1, 0.15) is 17.0 Å². The van der Waals surface area contributed by atoms with Gasteiger partial charge in [-0.2, -0.15) is 4.98 Å². The predicted octanol–water partition coefficient (Wildman–Crippen LogP) is 2.02. The van der Waals surface area contributed by atoms with Crippen LogP contribution in [0.4, 0.5) is 0 Å². The van der Waals surface area contributed by atoms with Crippen molar-refractivity contribution < 1.29 is 12.9 Å². The molecular formula is C16H16N4O3S. The predicted molar refractivity (Wildman–Crippen MR) is 87.0 cm³/mol. The van der Waals surface area contributed by atoms with Gasteiger partial charge in [0.05, 0.1) is 0 Å². The molecule has 0 saturated carbocycles. The Labute approximate surface area is 139 Å². The molecule has 0 fully saturated rings. The zero-order chi connectivity index (χ0) is 17.2. The van der Waals surface area contributed by atoms with E-state index in [1.807, 2.05) is 13.1 Å². The minimum absolute atomic E-state index is 0.0165. The van der Waals surface area contributed by atoms with Crippen molar-refractivity contribution in [2.75, 3.05) is 6.26 Å². The van der Waals surface area contributed by atoms with Gasteiger partial charge < -0.3 is 4.52 Å². The third kappa shape index (κ3) is 3.83. The van der Waals surface area contributed by atoms with Gasteiger partial charge in [-0.1, -0.05) is 11.2 Å². The SMILES string of the molecule is Cc1cncc(CCc2nc(-c3ccnc(S(C)(=O)=O)c3)no2)c1. The molecule has 24 heavy (non-hydrogen) atoms. The summed E-state index contributed by atoms with van der Waals surface area (Å²) in [4.78, 5) is 12.3. The fraction of sp³-hybridized carbons (Fsp3) is 0.250. The van der Waals surface area contributed by atoms with Crippen LogP contribution in [0.5, 0.6) is 0 Å². The number of aryl methyl sites for hydroxylation is 3. The van der Waals surface area contributed by atoms with Crippen molar-refractivity contribution in [2.45, 2.75) is 24.8 Å². The second-order valence-corrected chi connectivity index (χ2v) is 7.50. The summed E-state index contributed by atoms with van der Waals surface area (Å²) in [6.07, 6.45) is 7.46. The Hall–Kier alpha value is -2.61. The lowest BCUT2D eigenvalue weighted by Gasteiger charge is -1.99. The first-order valence-corrected chi connectivity index (χ1v) is 9.20. The van der Waals surface area contributed by atoms with Crippen LogP contribution >= 0.6 is 0 Å². The molecule has 0 N–H and O–H groups in total. The molecule has 124 valence electrons. The molecule has 3 aromatic heterocycles. The lowest BCUT2D eigenvalue weighted by molar-refractivity contribution is 0.379. The number of pyridine rings is 2. The van der Waals surface area contributed by atoms with Gasteiger partial charge in [0, 0.05) is 36.8 Å². The van der Waals surface area contributed by atoms with Crippen molar-refractivity contribution >= 4 is 9.84 Å². The van der Waals surface area contributed by atoms with Crippen molar-refractivity contribution in [3.63, 3.8) is 0 Å². The van der Waals surface area contributed by atoms with Crippen LogP contribution in [0, 0.1) is 6.92 Å². The Morgan fingerprint density at radius 2 is 2.00 bits per heavy atom. The van der Waals surface area contributed by atoms with Gasteiger partial charge in [-0.15, -0.1) is 0 Å². The smallest absolute Gasteiger partial charge is 0.227 e. The molecule has 3 heterocycles. The molecule has 0 unspecified atom stereocenters. The van der Waals surface area contributed by atoms with E-state index < -0.39 is 9.84 Å². The van der Waals surface area contributed by atoms with Crippen LogP contribution in [-0.2, 0) is 22.7 Å². The molecule has 3 aromatic rings. The van der Waals surface area contributed by atoms with Crippen molar-refractivity contribution in [3.05, 3.63) is 53.8 Å². The molecule has 8 heteroatoms. The Balaban J connectivity index is 1.76. The summed E-state index contributed by atoms with van der Waals surface area (Å²) in [6, 6.07) is 5.15. The Morgan fingerprint density at radius 3 is 2.75 bits per heavy atom. The summed E-state index contributed by atoms with van der Waals surface area (Å²) in [5.41, 5.74) is 2.75. The molecule has 0 aliphatic rings. The fourth-order valence-corrected chi connectivity index (χ4v) is 2.82. The van der Waals surface area contributed by atoms with Gasteiger partial charge in [-0.25, -0.2) is 13.4 Å². The summed E-state index contributed by atoms with van der Waals surface area (Å²) < 4.78 is 28.4. The molecule has 0 bridgehead atoms. The van der Waals surface area contributed by atoms with Crippen LogP contribution in [0.15, 0.2) is 46.3 Å². The van der Waals surface area contributed by atoms with Crippen LogP contribution in [0.3, 0.4) is 0 Å². The molecular weight excluding hydrogens is 328 g/mol. The highest BCUT2D eigenvalue weighted by Crippen LogP contribution is 2.18. The maximum Gasteiger partial charge on any atom is 0.227 e. The monoisotopic (exact) mass is 344 g/mol. The van der Waals surface area contributed by atoms with Gasteiger partial charge in [0.15, 0.2) is 14.9 Å². The van der Waals surface area contributed by atoms with Crippen LogP contribution in [0.25, 0.3) is 11.4 Å². The van der Waals surface area contributed by atoms with E-state index in [1.54, 1.807) is 12.3 Å². The molecule has 0 aliphatic heterocycles. The third-order valence-corrected chi connectivity index (χ3v) is 4.38. The Morgan fingerprint density at radius 1 is 1.17 bits per heavy atom. The van der Waals surface area contributed by atoms with Gasteiger partial charge in [0.1, 0.15) is 0 Å². The Kier molecular flexibility index (Phi) is 4.39. The fourth-order valence-electron chi connectivity index (χ4n) is 2.23. The average Bonchev–Trinajstić information content (AvgIpc) is 3.01. The zero-order valence-corrected chi connectivity index (χ0v) is 14.1. The van der Waals surface area contributed by atoms with Gasteiger partial charge in [0.2, 0.25) is 11.7 Å². The molecule has 0 atom stereocenters. The second kappa shape index (κ2) is 6.48. The van der Waals surface area contributed by atoms with Crippen molar-refractivity contribution in [1.29, 1.82) is 0 Å². The first-order chi connectivity index (χ1) is 11.4. The van der Waals surface area contributed by atoms with Crippen molar-refractivity contribution in [3.8, 4) is 11.4 Å². The normalized spacial score (nSPS) is 11.6. The lowest BCUT2D eigenvalue weighted by Crippen LogP contribution is -2.00. The molecule has 7 nitrogen and oxygen atoms in total. The van der Waals surface area contributed by atoms with E-state index in [0.717, 1.165) is 23.8 Å². The van der Waals surface area contributed by atoms with Crippen LogP contribution in [-0.4, -0.2) is 34.8 Å². The first kappa shape index (κ1) is 16.3. The maximum atomic E-state index is 11.6. The highest BCUT2D eigenvalue weighted by molar-refractivity contribution is 7.90. The van der Waals surface area contributed by atoms with E-state index in [0.29, 0.717) is 23.7 Å². The maximum absolute atomic E-state index is 11.6. The van der Waals surface area contributed by atoms with Crippen molar-refractivity contribution in [1.82, 2.24) is 20.1 Å². The van der Waals surface area contributed by atoms with Gasteiger partial charge in [-0.05, 0) is 36.6 Å². The van der Waals surface area contributed by atoms with Gasteiger partial charge >= 0.3 is 0 Å². The molecule has 0 saturated heterocycles. The van der Waals surface area contributed by atoms with E-state index in [9.17, 15) is 8.42 Å². The number of hydrogen-bond acceptors (Lipinski definition) is 7. The molecule has 0 radical (unpaired) electrons. The van der Waals surface area contributed by atoms with E-state index in [-0.39, 0.29) is 5.03 Å². The van der Waals surface area contributed by atoms with Crippen LogP contribution in [0.2, 0.25) is 0 Å². The lowest BCUT2D eigenvalue weighted by atomic mass is 10.1. The number of nitrogens with zero attached hydrogens (tertiary/aromatic N) is 4. The summed E-state index contributed by atoms with van der Waals surface area (Å²) in [6.45, 7) is 1.99. The Bertz CT molecular complexity index is 967. The van der Waals surface area contributed by atoms with E-state index in [1.165, 1.54) is 12.3 Å². The third-order valence-electron chi connectivity index (χ3n) is 3.40. The largest absolute Gasteiger partial charge is 0.339 e. The number of rotatable bonds is 5. The summed E-state index contributed by atoms with van der Waals surface area (Å²) in [5, 5.41) is 3.90. The highest BCUT2D eigenvalue weighted by Gasteiger charge is 2.14. The standard InChI is InChI=1S/C16H16N4O3S/c1-11-7-12(10-17-9-11)3-4-14-19-16(20-23-14)13-5-6-18-15(8-13)24(2,21)22/h5-10H,3-4H2,1-2H3. The minimum Gasteiger partial charge on any atom is -0.339 e.